The molecule has 0 atom stereocenters. The van der Waals surface area contributed by atoms with Crippen LogP contribution >= 0.6 is 38.6 Å². The topological polar surface area (TPSA) is 32.3 Å². The Balaban J connectivity index is 1.34. The molecule has 0 unspecified atom stereocenters. The molecule has 1 fully saturated rings. The van der Waals surface area contributed by atoms with Crippen LogP contribution in [0.25, 0.3) is 20.4 Å². The van der Waals surface area contributed by atoms with E-state index in [9.17, 15) is 0 Å². The molecule has 0 bridgehead atoms. The molecule has 0 N–H and O–H groups in total. The number of nitrogens with zero attached hydrogens (tertiary/aromatic N) is 4. The van der Waals surface area contributed by atoms with E-state index in [2.05, 4.69) is 69.1 Å². The number of fused-ring (bicyclic) bond motifs is 2. The molecule has 0 radical (unpaired) electrons. The molecule has 0 amide bonds. The normalized spacial score (nSPS) is 15.3. The molecule has 26 heavy (non-hydrogen) atoms. The van der Waals surface area contributed by atoms with Crippen LogP contribution < -0.4 is 9.80 Å². The van der Waals surface area contributed by atoms with Crippen molar-refractivity contribution < 1.29 is 0 Å². The SMILES string of the molecule is Cc1ccc2nc(N3CCN(c4nc5ccc(Br)cc5s4)CC3)sc2c1. The van der Waals surface area contributed by atoms with Gasteiger partial charge in [-0.05, 0) is 42.8 Å². The van der Waals surface area contributed by atoms with Gasteiger partial charge < -0.3 is 9.80 Å². The largest absolute Gasteiger partial charge is 0.345 e. The van der Waals surface area contributed by atoms with Crippen LogP contribution in [0.4, 0.5) is 10.3 Å². The molecule has 0 spiro atoms. The van der Waals surface area contributed by atoms with Crippen molar-refractivity contribution in [3.05, 3.63) is 46.4 Å². The highest BCUT2D eigenvalue weighted by Crippen LogP contribution is 2.33. The Hall–Kier alpha value is -1.70. The van der Waals surface area contributed by atoms with E-state index in [1.54, 1.807) is 22.7 Å². The first-order valence-corrected chi connectivity index (χ1v) is 11.0. The minimum atomic E-state index is 0.982. The quantitative estimate of drug-likeness (QED) is 0.419. The van der Waals surface area contributed by atoms with E-state index in [-0.39, 0.29) is 0 Å². The lowest BCUT2D eigenvalue weighted by atomic mass is 10.2. The minimum absolute atomic E-state index is 0.982. The summed E-state index contributed by atoms with van der Waals surface area (Å²) in [5.74, 6) is 0. The minimum Gasteiger partial charge on any atom is -0.345 e. The molecule has 0 saturated carbocycles. The summed E-state index contributed by atoms with van der Waals surface area (Å²) in [6.07, 6.45) is 0. The van der Waals surface area contributed by atoms with Crippen molar-refractivity contribution in [1.82, 2.24) is 9.97 Å². The molecule has 5 rings (SSSR count). The van der Waals surface area contributed by atoms with Gasteiger partial charge in [-0.3, -0.25) is 0 Å². The van der Waals surface area contributed by atoms with Gasteiger partial charge >= 0.3 is 0 Å². The molecule has 7 heteroatoms. The summed E-state index contributed by atoms with van der Waals surface area (Å²) in [5, 5.41) is 2.26. The van der Waals surface area contributed by atoms with Gasteiger partial charge in [0, 0.05) is 30.7 Å². The van der Waals surface area contributed by atoms with Gasteiger partial charge in [0.15, 0.2) is 10.3 Å². The Morgan fingerprint density at radius 1 is 0.808 bits per heavy atom. The second-order valence-corrected chi connectivity index (χ2v) is 9.48. The maximum atomic E-state index is 4.83. The third kappa shape index (κ3) is 2.98. The fourth-order valence-electron chi connectivity index (χ4n) is 3.27. The zero-order valence-corrected chi connectivity index (χ0v) is 17.5. The number of aryl methyl sites for hydroxylation is 1. The van der Waals surface area contributed by atoms with Gasteiger partial charge in [-0.1, -0.05) is 44.7 Å². The van der Waals surface area contributed by atoms with Crippen molar-refractivity contribution in [2.75, 3.05) is 36.0 Å². The van der Waals surface area contributed by atoms with Gasteiger partial charge in [0.25, 0.3) is 0 Å². The molecule has 1 aliphatic rings. The standard InChI is InChI=1S/C19H17BrN4S2/c1-12-2-4-14-16(10-12)25-18(21-14)23-6-8-24(9-7-23)19-22-15-5-3-13(20)11-17(15)26-19/h2-5,10-11H,6-9H2,1H3. The average Bonchev–Trinajstić information content (AvgIpc) is 3.25. The van der Waals surface area contributed by atoms with E-state index in [1.807, 2.05) is 0 Å². The number of hydrogen-bond donors (Lipinski definition) is 0. The summed E-state index contributed by atoms with van der Waals surface area (Å²) >= 11 is 7.12. The van der Waals surface area contributed by atoms with Gasteiger partial charge in [-0.25, -0.2) is 9.97 Å². The smallest absolute Gasteiger partial charge is 0.186 e. The van der Waals surface area contributed by atoms with E-state index in [0.717, 1.165) is 51.9 Å². The summed E-state index contributed by atoms with van der Waals surface area (Å²) in [7, 11) is 0. The highest BCUT2D eigenvalue weighted by atomic mass is 79.9. The molecule has 132 valence electrons. The van der Waals surface area contributed by atoms with E-state index in [0.29, 0.717) is 0 Å². The van der Waals surface area contributed by atoms with E-state index >= 15 is 0 Å². The summed E-state index contributed by atoms with van der Waals surface area (Å²) in [6.45, 7) is 6.07. The van der Waals surface area contributed by atoms with Crippen molar-refractivity contribution in [3.8, 4) is 0 Å². The summed E-state index contributed by atoms with van der Waals surface area (Å²) in [6, 6.07) is 12.8. The Labute approximate surface area is 168 Å². The maximum Gasteiger partial charge on any atom is 0.186 e. The number of piperazine rings is 1. The Morgan fingerprint density at radius 2 is 1.35 bits per heavy atom. The molecule has 2 aromatic heterocycles. The molecule has 3 heterocycles. The van der Waals surface area contributed by atoms with Crippen LogP contribution in [0.5, 0.6) is 0 Å². The molecular formula is C19H17BrN4S2. The molecule has 1 aliphatic heterocycles. The van der Waals surface area contributed by atoms with Gasteiger partial charge in [-0.15, -0.1) is 0 Å². The maximum absolute atomic E-state index is 4.83. The lowest BCUT2D eigenvalue weighted by Crippen LogP contribution is -2.46. The molecular weight excluding hydrogens is 428 g/mol. The molecule has 2 aromatic carbocycles. The van der Waals surface area contributed by atoms with Crippen LogP contribution in [-0.4, -0.2) is 36.1 Å². The number of rotatable bonds is 2. The second-order valence-electron chi connectivity index (χ2n) is 6.55. The van der Waals surface area contributed by atoms with E-state index in [1.165, 1.54) is 15.0 Å². The second kappa shape index (κ2) is 6.48. The lowest BCUT2D eigenvalue weighted by molar-refractivity contribution is 0.651. The van der Waals surface area contributed by atoms with Crippen LogP contribution in [-0.2, 0) is 0 Å². The first-order chi connectivity index (χ1) is 12.7. The van der Waals surface area contributed by atoms with E-state index in [4.69, 9.17) is 9.97 Å². The van der Waals surface area contributed by atoms with Crippen LogP contribution in [0, 0.1) is 6.92 Å². The monoisotopic (exact) mass is 444 g/mol. The van der Waals surface area contributed by atoms with Crippen molar-refractivity contribution in [1.29, 1.82) is 0 Å². The van der Waals surface area contributed by atoms with Crippen LogP contribution in [0.15, 0.2) is 40.9 Å². The number of anilines is 2. The lowest BCUT2D eigenvalue weighted by Gasteiger charge is -2.34. The first-order valence-electron chi connectivity index (χ1n) is 8.59. The van der Waals surface area contributed by atoms with Crippen molar-refractivity contribution >= 4 is 69.3 Å². The zero-order valence-electron chi connectivity index (χ0n) is 14.3. The number of thiazole rings is 2. The van der Waals surface area contributed by atoms with Gasteiger partial charge in [-0.2, -0.15) is 0 Å². The highest BCUT2D eigenvalue weighted by molar-refractivity contribution is 9.10. The fourth-order valence-corrected chi connectivity index (χ4v) is 5.95. The number of benzene rings is 2. The Morgan fingerprint density at radius 3 is 1.96 bits per heavy atom. The van der Waals surface area contributed by atoms with Crippen molar-refractivity contribution in [3.63, 3.8) is 0 Å². The Bertz CT molecular complexity index is 1010. The van der Waals surface area contributed by atoms with Gasteiger partial charge in [0.05, 0.1) is 20.4 Å². The third-order valence-corrected chi connectivity index (χ3v) is 7.34. The average molecular weight is 445 g/mol. The van der Waals surface area contributed by atoms with Gasteiger partial charge in [0.1, 0.15) is 0 Å². The van der Waals surface area contributed by atoms with Crippen LogP contribution in [0.1, 0.15) is 5.56 Å². The predicted molar refractivity (Wildman–Crippen MR) is 116 cm³/mol. The van der Waals surface area contributed by atoms with Crippen LogP contribution in [0.2, 0.25) is 0 Å². The van der Waals surface area contributed by atoms with E-state index < -0.39 is 0 Å². The van der Waals surface area contributed by atoms with Gasteiger partial charge in [0.2, 0.25) is 0 Å². The number of hydrogen-bond acceptors (Lipinski definition) is 6. The Kier molecular flexibility index (Phi) is 4.10. The number of halogens is 1. The summed E-state index contributed by atoms with van der Waals surface area (Å²) in [4.78, 5) is 14.4. The molecule has 4 aromatic rings. The third-order valence-electron chi connectivity index (χ3n) is 4.69. The first kappa shape index (κ1) is 16.5. The van der Waals surface area contributed by atoms with Crippen molar-refractivity contribution in [2.24, 2.45) is 0 Å². The molecule has 1 saturated heterocycles. The van der Waals surface area contributed by atoms with Crippen LogP contribution in [0.3, 0.4) is 0 Å². The summed E-state index contributed by atoms with van der Waals surface area (Å²) < 4.78 is 3.62. The molecule has 4 nitrogen and oxygen atoms in total. The predicted octanol–water partition coefficient (Wildman–Crippen LogP) is 5.30. The van der Waals surface area contributed by atoms with Crippen molar-refractivity contribution in [2.45, 2.75) is 6.92 Å². The molecule has 0 aliphatic carbocycles. The summed E-state index contributed by atoms with van der Waals surface area (Å²) in [5.41, 5.74) is 3.48. The number of aromatic nitrogens is 2. The fraction of sp³-hybridized carbons (Fsp3) is 0.263. The highest BCUT2D eigenvalue weighted by Gasteiger charge is 2.22. The zero-order chi connectivity index (χ0) is 17.7.